The second-order valence-electron chi connectivity index (χ2n) is 6.02. The molecule has 0 saturated carbocycles. The smallest absolute Gasteiger partial charge is 0.154 e. The van der Waals surface area contributed by atoms with E-state index in [-0.39, 0.29) is 13.2 Å². The zero-order valence-electron chi connectivity index (χ0n) is 13.9. The summed E-state index contributed by atoms with van der Waals surface area (Å²) in [6.07, 6.45) is 0.942. The number of nitrogens with two attached hydrogens (primary N) is 1. The first-order valence-corrected chi connectivity index (χ1v) is 9.10. The number of imidazole rings is 1. The molecular weight excluding hydrogens is 350 g/mol. The zero-order valence-corrected chi connectivity index (χ0v) is 14.7. The van der Waals surface area contributed by atoms with Crippen LogP contribution in [0, 0.1) is 0 Å². The van der Waals surface area contributed by atoms with Gasteiger partial charge in [-0.3, -0.25) is 0 Å². The van der Waals surface area contributed by atoms with Gasteiger partial charge in [-0.15, -0.1) is 16.4 Å². The Morgan fingerprint density at radius 1 is 1.23 bits per heavy atom. The topological polar surface area (TPSA) is 109 Å². The van der Waals surface area contributed by atoms with Crippen LogP contribution in [0.2, 0.25) is 0 Å². The van der Waals surface area contributed by atoms with E-state index in [4.69, 9.17) is 5.73 Å². The molecule has 0 bridgehead atoms. The number of thiophene rings is 1. The molecule has 2 unspecified atom stereocenters. The molecule has 4 rings (SSSR count). The van der Waals surface area contributed by atoms with Crippen LogP contribution >= 0.6 is 11.3 Å². The van der Waals surface area contributed by atoms with Gasteiger partial charge >= 0.3 is 0 Å². The number of hydrogen-bond acceptors (Lipinski definition) is 7. The highest BCUT2D eigenvalue weighted by atomic mass is 32.1. The monoisotopic (exact) mass is 369 g/mol. The van der Waals surface area contributed by atoms with E-state index in [0.29, 0.717) is 5.82 Å². The van der Waals surface area contributed by atoms with Crippen LogP contribution in [0.5, 0.6) is 0 Å². The van der Waals surface area contributed by atoms with Crippen LogP contribution < -0.4 is 11.1 Å². The number of aliphatic hydroxyl groups is 2. The van der Waals surface area contributed by atoms with Crippen molar-refractivity contribution in [3.05, 3.63) is 48.7 Å². The van der Waals surface area contributed by atoms with Crippen molar-refractivity contribution in [2.24, 2.45) is 5.73 Å². The Labute approximate surface area is 153 Å². The van der Waals surface area contributed by atoms with Gasteiger partial charge in [0.1, 0.15) is 11.5 Å². The molecule has 2 atom stereocenters. The van der Waals surface area contributed by atoms with E-state index in [1.54, 1.807) is 28.1 Å². The number of fused-ring (bicyclic) bond motifs is 2. The molecule has 5 N–H and O–H groups in total. The molecule has 0 amide bonds. The number of rotatable bonds is 6. The van der Waals surface area contributed by atoms with E-state index in [9.17, 15) is 10.2 Å². The Kier molecular flexibility index (Phi) is 4.56. The van der Waals surface area contributed by atoms with E-state index >= 15 is 0 Å². The molecule has 7 nitrogen and oxygen atoms in total. The number of benzene rings is 1. The van der Waals surface area contributed by atoms with Crippen molar-refractivity contribution in [1.82, 2.24) is 14.6 Å². The van der Waals surface area contributed by atoms with Crippen molar-refractivity contribution in [1.29, 1.82) is 0 Å². The maximum atomic E-state index is 9.87. The Hall–Kier alpha value is -2.52. The fourth-order valence-electron chi connectivity index (χ4n) is 2.84. The minimum Gasteiger partial charge on any atom is -0.394 e. The van der Waals surface area contributed by atoms with Crippen LogP contribution in [0.1, 0.15) is 0 Å². The Morgan fingerprint density at radius 2 is 2.08 bits per heavy atom. The first-order chi connectivity index (χ1) is 12.7. The highest BCUT2D eigenvalue weighted by Crippen LogP contribution is 2.33. The van der Waals surface area contributed by atoms with Crippen molar-refractivity contribution in [3.63, 3.8) is 0 Å². The molecule has 3 aromatic heterocycles. The number of nitrogens with zero attached hydrogens (tertiary/aromatic N) is 3. The molecule has 0 aliphatic heterocycles. The molecule has 0 radical (unpaired) electrons. The van der Waals surface area contributed by atoms with Gasteiger partial charge < -0.3 is 21.3 Å². The molecule has 0 saturated heterocycles. The lowest BCUT2D eigenvalue weighted by molar-refractivity contribution is 0.124. The Morgan fingerprint density at radius 3 is 2.85 bits per heavy atom. The summed E-state index contributed by atoms with van der Waals surface area (Å²) in [5.41, 5.74) is 7.10. The third kappa shape index (κ3) is 3.04. The van der Waals surface area contributed by atoms with E-state index in [1.165, 1.54) is 10.1 Å². The summed E-state index contributed by atoms with van der Waals surface area (Å²) in [5.74, 6) is 0.532. The standard InChI is InChI=1S/C18H19N5O2S/c19-8-14(25)12(10-24)21-17-5-6-18-20-9-13(23(18)22-17)16-7-11-3-1-2-4-15(11)26-16/h1-7,9,12,14,24-25H,8,10,19H2,(H,21,22). The molecule has 0 spiro atoms. The van der Waals surface area contributed by atoms with Gasteiger partial charge in [-0.2, -0.15) is 0 Å². The Bertz CT molecular complexity index is 1010. The minimum atomic E-state index is -0.859. The molecule has 134 valence electrons. The lowest BCUT2D eigenvalue weighted by Crippen LogP contribution is -2.41. The Balaban J connectivity index is 1.72. The predicted octanol–water partition coefficient (Wildman–Crippen LogP) is 1.70. The summed E-state index contributed by atoms with van der Waals surface area (Å²) in [6.45, 7) is -0.191. The van der Waals surface area contributed by atoms with Crippen LogP contribution in [0.3, 0.4) is 0 Å². The molecule has 26 heavy (non-hydrogen) atoms. The van der Waals surface area contributed by atoms with Gasteiger partial charge in [-0.1, -0.05) is 18.2 Å². The SMILES string of the molecule is NCC(O)C(CO)Nc1ccc2ncc(-c3cc4ccccc4s3)n2n1. The average molecular weight is 369 g/mol. The first kappa shape index (κ1) is 16.9. The summed E-state index contributed by atoms with van der Waals surface area (Å²) in [6, 6.07) is 13.4. The summed E-state index contributed by atoms with van der Waals surface area (Å²) >= 11 is 1.68. The maximum absolute atomic E-state index is 9.87. The van der Waals surface area contributed by atoms with Crippen molar-refractivity contribution >= 4 is 32.9 Å². The number of hydrogen-bond donors (Lipinski definition) is 4. The van der Waals surface area contributed by atoms with Gasteiger partial charge in [0.25, 0.3) is 0 Å². The summed E-state index contributed by atoms with van der Waals surface area (Å²) in [7, 11) is 0. The van der Waals surface area contributed by atoms with Gasteiger partial charge in [0.15, 0.2) is 5.65 Å². The van der Waals surface area contributed by atoms with Crippen LogP contribution in [0.25, 0.3) is 26.3 Å². The lowest BCUT2D eigenvalue weighted by atomic mass is 10.2. The minimum absolute atomic E-state index is 0.0541. The molecule has 8 heteroatoms. The third-order valence-electron chi connectivity index (χ3n) is 4.28. The summed E-state index contributed by atoms with van der Waals surface area (Å²) < 4.78 is 2.97. The molecule has 0 aliphatic carbocycles. The lowest BCUT2D eigenvalue weighted by Gasteiger charge is -2.21. The molecule has 4 aromatic rings. The zero-order chi connectivity index (χ0) is 18.1. The van der Waals surface area contributed by atoms with Gasteiger partial charge in [-0.05, 0) is 29.7 Å². The third-order valence-corrected chi connectivity index (χ3v) is 5.41. The summed E-state index contributed by atoms with van der Waals surface area (Å²) in [5, 5.41) is 28.1. The van der Waals surface area contributed by atoms with Gasteiger partial charge in [0.05, 0.1) is 29.8 Å². The molecular formula is C18H19N5O2S. The van der Waals surface area contributed by atoms with Crippen LogP contribution in [0.4, 0.5) is 5.82 Å². The van der Waals surface area contributed by atoms with Crippen molar-refractivity contribution < 1.29 is 10.2 Å². The fraction of sp³-hybridized carbons (Fsp3) is 0.222. The van der Waals surface area contributed by atoms with Crippen LogP contribution in [-0.2, 0) is 0 Å². The van der Waals surface area contributed by atoms with Crippen molar-refractivity contribution in [2.75, 3.05) is 18.5 Å². The van der Waals surface area contributed by atoms with E-state index in [1.807, 2.05) is 18.2 Å². The molecule has 3 heterocycles. The van der Waals surface area contributed by atoms with Crippen molar-refractivity contribution in [3.8, 4) is 10.6 Å². The second kappa shape index (κ2) is 7.00. The fourth-order valence-corrected chi connectivity index (χ4v) is 3.90. The molecule has 1 aromatic carbocycles. The van der Waals surface area contributed by atoms with E-state index < -0.39 is 12.1 Å². The number of nitrogens with one attached hydrogen (secondary N) is 1. The van der Waals surface area contributed by atoms with Crippen LogP contribution in [-0.4, -0.2) is 50.1 Å². The van der Waals surface area contributed by atoms with E-state index in [2.05, 4.69) is 33.6 Å². The number of aliphatic hydroxyl groups excluding tert-OH is 2. The highest BCUT2D eigenvalue weighted by molar-refractivity contribution is 7.22. The normalized spacial score (nSPS) is 14.0. The van der Waals surface area contributed by atoms with Crippen molar-refractivity contribution in [2.45, 2.75) is 12.1 Å². The second-order valence-corrected chi connectivity index (χ2v) is 7.10. The molecule has 0 fully saturated rings. The van der Waals surface area contributed by atoms with Crippen LogP contribution in [0.15, 0.2) is 48.7 Å². The largest absolute Gasteiger partial charge is 0.394 e. The van der Waals surface area contributed by atoms with Gasteiger partial charge in [0, 0.05) is 11.2 Å². The van der Waals surface area contributed by atoms with E-state index in [0.717, 1.165) is 16.2 Å². The quantitative estimate of drug-likeness (QED) is 0.412. The number of aromatic nitrogens is 3. The summed E-state index contributed by atoms with van der Waals surface area (Å²) in [4.78, 5) is 5.49. The highest BCUT2D eigenvalue weighted by Gasteiger charge is 2.18. The average Bonchev–Trinajstić information content (AvgIpc) is 3.28. The van der Waals surface area contributed by atoms with Gasteiger partial charge in [0.2, 0.25) is 0 Å². The maximum Gasteiger partial charge on any atom is 0.154 e. The number of anilines is 1. The molecule has 0 aliphatic rings. The predicted molar refractivity (Wildman–Crippen MR) is 103 cm³/mol. The first-order valence-electron chi connectivity index (χ1n) is 8.29. The van der Waals surface area contributed by atoms with Gasteiger partial charge in [-0.25, -0.2) is 9.50 Å².